The van der Waals surface area contributed by atoms with Gasteiger partial charge in [-0.3, -0.25) is 4.79 Å². The molecule has 3 unspecified atom stereocenters. The first kappa shape index (κ1) is 33.9. The molecule has 2 saturated carbocycles. The highest BCUT2D eigenvalue weighted by molar-refractivity contribution is 6.32. The Kier molecular flexibility index (Phi) is 9.81. The van der Waals surface area contributed by atoms with Gasteiger partial charge in [0.15, 0.2) is 6.10 Å². The molecule has 0 aromatic carbocycles. The van der Waals surface area contributed by atoms with Crippen molar-refractivity contribution in [1.82, 2.24) is 10.3 Å². The van der Waals surface area contributed by atoms with Crippen LogP contribution in [-0.2, 0) is 33.3 Å². The summed E-state index contributed by atoms with van der Waals surface area (Å²) in [5, 5.41) is 26.8. The fourth-order valence-corrected chi connectivity index (χ4v) is 8.34. The predicted molar refractivity (Wildman–Crippen MR) is 164 cm³/mol. The van der Waals surface area contributed by atoms with Gasteiger partial charge in [-0.1, -0.05) is 39.0 Å². The number of methoxy groups -OCH3 is 1. The van der Waals surface area contributed by atoms with E-state index in [0.29, 0.717) is 24.2 Å². The standard InChI is InChI=1S/C34H46N2O10/c1-7-12-36-30(38)33(41)44-19(5)28-16(2)14-17(3)34(42)20(15-23(43-6)32(40)45-28)10-11-21-24-25(26(21)34)27(37)18(4)29(24)46-31(39)22-9-8-13-35-22/h8-11,13-14,16,18-21,23-29,35,37,42H,7,12,15H2,1-6H3,(H,36,38)/b17-14+/t16-,18-,19-,20-,21?,23+,24+,25-,26?,27-,28?,29-,34+/m1/s1. The van der Waals surface area contributed by atoms with Crippen LogP contribution in [0.25, 0.3) is 0 Å². The number of aromatic nitrogens is 1. The van der Waals surface area contributed by atoms with Crippen LogP contribution >= 0.6 is 0 Å². The van der Waals surface area contributed by atoms with Crippen LogP contribution in [0, 0.1) is 41.4 Å². The number of H-pyrrole nitrogens is 1. The summed E-state index contributed by atoms with van der Waals surface area (Å²) in [6.07, 6.45) is 3.69. The van der Waals surface area contributed by atoms with Gasteiger partial charge in [0.05, 0.1) is 11.7 Å². The molecule has 5 rings (SSSR count). The summed E-state index contributed by atoms with van der Waals surface area (Å²) in [6, 6.07) is 3.35. The van der Waals surface area contributed by atoms with Crippen LogP contribution in [0.15, 0.2) is 42.1 Å². The summed E-state index contributed by atoms with van der Waals surface area (Å²) in [4.78, 5) is 53.9. The molecule has 0 bridgehead atoms. The molecule has 2 heterocycles. The maximum absolute atomic E-state index is 13.4. The van der Waals surface area contributed by atoms with Gasteiger partial charge in [0.1, 0.15) is 24.0 Å². The second-order valence-electron chi connectivity index (χ2n) is 13.3. The first-order valence-corrected chi connectivity index (χ1v) is 16.2. The molecule has 1 amide bonds. The Bertz CT molecular complexity index is 1370. The molecule has 1 aromatic rings. The number of allylic oxidation sites excluding steroid dienone is 1. The normalized spacial score (nSPS) is 40.0. The lowest BCUT2D eigenvalue weighted by Gasteiger charge is -2.61. The Morgan fingerprint density at radius 1 is 1.22 bits per heavy atom. The van der Waals surface area contributed by atoms with E-state index < -0.39 is 77.7 Å². The molecule has 46 heavy (non-hydrogen) atoms. The molecular weight excluding hydrogens is 596 g/mol. The molecule has 12 nitrogen and oxygen atoms in total. The molecule has 1 aliphatic heterocycles. The van der Waals surface area contributed by atoms with Gasteiger partial charge < -0.3 is 39.5 Å². The average Bonchev–Trinajstić information content (AvgIpc) is 3.62. The third-order valence-corrected chi connectivity index (χ3v) is 10.7. The van der Waals surface area contributed by atoms with Gasteiger partial charge in [-0.2, -0.15) is 0 Å². The minimum atomic E-state index is -1.48. The Morgan fingerprint density at radius 2 is 1.96 bits per heavy atom. The Labute approximate surface area is 268 Å². The Hall–Kier alpha value is -3.48. The highest BCUT2D eigenvalue weighted by Gasteiger charge is 2.71. The van der Waals surface area contributed by atoms with Crippen molar-refractivity contribution in [1.29, 1.82) is 0 Å². The molecule has 13 atom stereocenters. The third kappa shape index (κ3) is 5.79. The zero-order chi connectivity index (χ0) is 33.5. The van der Waals surface area contributed by atoms with E-state index in [4.69, 9.17) is 18.9 Å². The van der Waals surface area contributed by atoms with Crippen molar-refractivity contribution < 1.29 is 48.3 Å². The molecule has 3 aliphatic carbocycles. The SMILES string of the molecule is CCCNC(=O)C(=O)O[C@H](C)C1OC(=O)[C@@H](OC)C[C@H]2C=CC3C([C@@H]4[C@H](O)[C@@H](C)[C@@H](OC(=O)c5ccc[nH]5)[C@@H]34)[C@]2(O)/C(C)=C/[C@H]1C. The fraction of sp³-hybridized carbons (Fsp3) is 0.647. The Morgan fingerprint density at radius 3 is 2.61 bits per heavy atom. The number of aliphatic hydroxyl groups is 2. The average molecular weight is 643 g/mol. The van der Waals surface area contributed by atoms with E-state index in [0.717, 1.165) is 0 Å². The lowest BCUT2D eigenvalue weighted by Crippen LogP contribution is -2.65. The number of cyclic esters (lactones) is 1. The zero-order valence-corrected chi connectivity index (χ0v) is 27.2. The second-order valence-corrected chi connectivity index (χ2v) is 13.3. The van der Waals surface area contributed by atoms with E-state index >= 15 is 0 Å². The number of aromatic amines is 1. The molecule has 12 heteroatoms. The van der Waals surface area contributed by atoms with E-state index in [1.807, 2.05) is 39.0 Å². The maximum atomic E-state index is 13.4. The number of fused-ring (bicyclic) bond motifs is 6. The number of nitrogens with one attached hydrogen (secondary N) is 2. The smallest absolute Gasteiger partial charge is 0.397 e. The molecule has 2 fully saturated rings. The van der Waals surface area contributed by atoms with Crippen molar-refractivity contribution >= 4 is 23.8 Å². The van der Waals surface area contributed by atoms with Gasteiger partial charge in [0, 0.05) is 49.4 Å². The number of rotatable bonds is 7. The largest absolute Gasteiger partial charge is 0.457 e. The summed E-state index contributed by atoms with van der Waals surface area (Å²) in [5.74, 6) is -5.80. The zero-order valence-electron chi connectivity index (χ0n) is 27.2. The highest BCUT2D eigenvalue weighted by Crippen LogP contribution is 2.66. The van der Waals surface area contributed by atoms with Gasteiger partial charge in [-0.25, -0.2) is 14.4 Å². The van der Waals surface area contributed by atoms with Crippen LogP contribution in [0.1, 0.15) is 57.9 Å². The summed E-state index contributed by atoms with van der Waals surface area (Å²) < 4.78 is 22.8. The monoisotopic (exact) mass is 642 g/mol. The number of esters is 3. The van der Waals surface area contributed by atoms with Crippen LogP contribution in [0.4, 0.5) is 0 Å². The van der Waals surface area contributed by atoms with Crippen molar-refractivity contribution in [3.63, 3.8) is 0 Å². The topological polar surface area (TPSA) is 173 Å². The first-order chi connectivity index (χ1) is 21.8. The van der Waals surface area contributed by atoms with E-state index in [1.165, 1.54) is 7.11 Å². The summed E-state index contributed by atoms with van der Waals surface area (Å²) >= 11 is 0. The summed E-state index contributed by atoms with van der Waals surface area (Å²) in [6.45, 7) is 9.18. The van der Waals surface area contributed by atoms with Crippen LogP contribution in [0.3, 0.4) is 0 Å². The molecule has 0 spiro atoms. The summed E-state index contributed by atoms with van der Waals surface area (Å²) in [5.41, 5.74) is -0.536. The maximum Gasteiger partial charge on any atom is 0.397 e. The van der Waals surface area contributed by atoms with Crippen molar-refractivity contribution in [3.8, 4) is 0 Å². The number of carbonyl (C=O) groups is 4. The molecule has 1 aromatic heterocycles. The van der Waals surface area contributed by atoms with E-state index in [2.05, 4.69) is 10.3 Å². The van der Waals surface area contributed by atoms with Crippen molar-refractivity contribution in [2.75, 3.05) is 13.7 Å². The van der Waals surface area contributed by atoms with Gasteiger partial charge in [-0.05, 0) is 56.2 Å². The van der Waals surface area contributed by atoms with Crippen molar-refractivity contribution in [2.45, 2.75) is 83.6 Å². The quantitative estimate of drug-likeness (QED) is 0.150. The number of ether oxygens (including phenoxy) is 4. The van der Waals surface area contributed by atoms with Crippen LogP contribution < -0.4 is 5.32 Å². The number of amides is 1. The number of hydrogen-bond acceptors (Lipinski definition) is 10. The van der Waals surface area contributed by atoms with Crippen molar-refractivity contribution in [3.05, 3.63) is 47.8 Å². The van der Waals surface area contributed by atoms with Crippen LogP contribution in [-0.4, -0.2) is 88.8 Å². The number of carbonyl (C=O) groups excluding carboxylic acids is 4. The lowest BCUT2D eigenvalue weighted by atomic mass is 9.46. The predicted octanol–water partition coefficient (Wildman–Crippen LogP) is 2.32. The molecule has 4 N–H and O–H groups in total. The molecule has 252 valence electrons. The minimum Gasteiger partial charge on any atom is -0.457 e. The fourth-order valence-electron chi connectivity index (χ4n) is 8.34. The van der Waals surface area contributed by atoms with Gasteiger partial charge >= 0.3 is 23.8 Å². The lowest BCUT2D eigenvalue weighted by molar-refractivity contribution is -0.189. The van der Waals surface area contributed by atoms with E-state index in [9.17, 15) is 29.4 Å². The number of aliphatic hydroxyl groups excluding tert-OH is 1. The van der Waals surface area contributed by atoms with E-state index in [-0.39, 0.29) is 30.1 Å². The molecule has 0 radical (unpaired) electrons. The highest BCUT2D eigenvalue weighted by atomic mass is 16.6. The summed E-state index contributed by atoms with van der Waals surface area (Å²) in [7, 11) is 1.39. The molecule has 0 saturated heterocycles. The Balaban J connectivity index is 1.45. The molecular formula is C34H46N2O10. The van der Waals surface area contributed by atoms with Gasteiger partial charge in [-0.15, -0.1) is 0 Å². The van der Waals surface area contributed by atoms with Crippen LogP contribution in [0.5, 0.6) is 0 Å². The van der Waals surface area contributed by atoms with Gasteiger partial charge in [0.2, 0.25) is 0 Å². The third-order valence-electron chi connectivity index (χ3n) is 10.7. The van der Waals surface area contributed by atoms with Gasteiger partial charge in [0.25, 0.3) is 0 Å². The second kappa shape index (κ2) is 13.3. The first-order valence-electron chi connectivity index (χ1n) is 16.2. The minimum absolute atomic E-state index is 0.0969. The molecule has 4 aliphatic rings. The van der Waals surface area contributed by atoms with Crippen molar-refractivity contribution in [2.24, 2.45) is 41.4 Å². The van der Waals surface area contributed by atoms with Crippen LogP contribution in [0.2, 0.25) is 0 Å². The number of hydrogen-bond donors (Lipinski definition) is 4. The van der Waals surface area contributed by atoms with E-state index in [1.54, 1.807) is 32.2 Å².